The fourth-order valence-electron chi connectivity index (χ4n) is 2.88. The number of carbonyl (C=O) groups excluding carboxylic acids is 1. The van der Waals surface area contributed by atoms with E-state index in [1.54, 1.807) is 18.2 Å². The molecule has 0 spiro atoms. The quantitative estimate of drug-likeness (QED) is 0.655. The Morgan fingerprint density at radius 2 is 1.63 bits per heavy atom. The maximum absolute atomic E-state index is 12.0. The third-order valence-electron chi connectivity index (χ3n) is 4.22. The smallest absolute Gasteiger partial charge is 0.365 e. The number of ether oxygens (including phenoxy) is 5. The van der Waals surface area contributed by atoms with Gasteiger partial charge in [-0.25, -0.2) is 9.79 Å². The van der Waals surface area contributed by atoms with Crippen LogP contribution in [0.2, 0.25) is 0 Å². The number of aliphatic imine (C=N–C) groups is 1. The number of esters is 1. The lowest BCUT2D eigenvalue weighted by Crippen LogP contribution is -2.09. The van der Waals surface area contributed by atoms with Crippen molar-refractivity contribution in [3.63, 3.8) is 0 Å². The summed E-state index contributed by atoms with van der Waals surface area (Å²) in [5, 5.41) is 3.07. The molecule has 5 rings (SSSR count). The maximum Gasteiger partial charge on any atom is 0.365 e. The molecule has 2 aromatic carbocycles. The number of nitrogens with zero attached hydrogens (tertiary/aromatic N) is 1. The van der Waals surface area contributed by atoms with E-state index in [9.17, 15) is 4.79 Å². The van der Waals surface area contributed by atoms with E-state index in [1.165, 1.54) is 6.20 Å². The molecule has 136 valence electrons. The number of hydrogen-bond donors (Lipinski definition) is 1. The van der Waals surface area contributed by atoms with E-state index in [0.717, 1.165) is 11.3 Å². The Labute approximate surface area is 154 Å². The summed E-state index contributed by atoms with van der Waals surface area (Å²) in [7, 11) is 0. The molecular formula is C19H14N2O6. The summed E-state index contributed by atoms with van der Waals surface area (Å²) < 4.78 is 26.5. The number of hydrogen-bond acceptors (Lipinski definition) is 8. The van der Waals surface area contributed by atoms with E-state index in [4.69, 9.17) is 23.7 Å². The summed E-state index contributed by atoms with van der Waals surface area (Å²) in [4.78, 5) is 16.3. The summed E-state index contributed by atoms with van der Waals surface area (Å²) in [5.74, 6) is 2.42. The van der Waals surface area contributed by atoms with E-state index >= 15 is 0 Å². The molecule has 0 saturated carbocycles. The Balaban J connectivity index is 1.29. The molecule has 8 heteroatoms. The predicted octanol–water partition coefficient (Wildman–Crippen LogP) is 2.08. The summed E-state index contributed by atoms with van der Waals surface area (Å²) in [6, 6.07) is 10.9. The Hall–Kier alpha value is -3.68. The normalized spacial score (nSPS) is 17.9. The minimum Gasteiger partial charge on any atom is -0.454 e. The fraction of sp³-hybridized carbons (Fsp3) is 0.158. The number of fused-ring (bicyclic) bond motifs is 2. The molecule has 0 unspecified atom stereocenters. The van der Waals surface area contributed by atoms with Crippen LogP contribution < -0.4 is 24.3 Å². The van der Waals surface area contributed by atoms with Crippen LogP contribution in [-0.2, 0) is 16.1 Å². The third-order valence-corrected chi connectivity index (χ3v) is 4.22. The highest BCUT2D eigenvalue weighted by atomic mass is 16.7. The summed E-state index contributed by atoms with van der Waals surface area (Å²) >= 11 is 0. The van der Waals surface area contributed by atoms with Crippen LogP contribution in [0.3, 0.4) is 0 Å². The Morgan fingerprint density at radius 3 is 2.44 bits per heavy atom. The number of nitrogens with one attached hydrogen (secondary N) is 1. The lowest BCUT2D eigenvalue weighted by molar-refractivity contribution is -0.130. The second-order valence-electron chi connectivity index (χ2n) is 5.97. The number of cyclic esters (lactones) is 1. The molecular weight excluding hydrogens is 352 g/mol. The largest absolute Gasteiger partial charge is 0.454 e. The Morgan fingerprint density at radius 1 is 0.926 bits per heavy atom. The number of rotatable bonds is 4. The zero-order valence-electron chi connectivity index (χ0n) is 14.1. The molecule has 3 heterocycles. The van der Waals surface area contributed by atoms with Crippen molar-refractivity contribution in [2.45, 2.75) is 6.54 Å². The van der Waals surface area contributed by atoms with Gasteiger partial charge in [0.1, 0.15) is 0 Å². The molecule has 3 aliphatic rings. The van der Waals surface area contributed by atoms with Gasteiger partial charge < -0.3 is 29.0 Å². The van der Waals surface area contributed by atoms with Crippen molar-refractivity contribution in [3.05, 3.63) is 59.4 Å². The highest BCUT2D eigenvalue weighted by Crippen LogP contribution is 2.34. The van der Waals surface area contributed by atoms with Crippen molar-refractivity contribution in [3.8, 4) is 23.0 Å². The van der Waals surface area contributed by atoms with Crippen molar-refractivity contribution in [1.82, 2.24) is 5.32 Å². The van der Waals surface area contributed by atoms with Gasteiger partial charge in [-0.3, -0.25) is 0 Å². The van der Waals surface area contributed by atoms with Crippen molar-refractivity contribution in [1.29, 1.82) is 0 Å². The minimum absolute atomic E-state index is 0.181. The van der Waals surface area contributed by atoms with E-state index < -0.39 is 5.97 Å². The summed E-state index contributed by atoms with van der Waals surface area (Å²) in [6.07, 6.45) is 1.53. The van der Waals surface area contributed by atoms with Gasteiger partial charge in [-0.1, -0.05) is 6.07 Å². The first-order valence-electron chi connectivity index (χ1n) is 8.29. The van der Waals surface area contributed by atoms with Gasteiger partial charge in [0.15, 0.2) is 28.7 Å². The summed E-state index contributed by atoms with van der Waals surface area (Å²) in [5.41, 5.74) is 1.83. The molecule has 27 heavy (non-hydrogen) atoms. The lowest BCUT2D eigenvalue weighted by atomic mass is 10.2. The average molecular weight is 366 g/mol. The van der Waals surface area contributed by atoms with Gasteiger partial charge in [0.2, 0.25) is 19.5 Å². The van der Waals surface area contributed by atoms with Gasteiger partial charge in [-0.2, -0.15) is 0 Å². The molecule has 0 bridgehead atoms. The maximum atomic E-state index is 12.0. The predicted molar refractivity (Wildman–Crippen MR) is 92.7 cm³/mol. The molecule has 2 aromatic rings. The highest BCUT2D eigenvalue weighted by molar-refractivity contribution is 6.11. The first-order chi connectivity index (χ1) is 13.3. The zero-order valence-corrected chi connectivity index (χ0v) is 14.1. The van der Waals surface area contributed by atoms with Crippen molar-refractivity contribution >= 4 is 11.9 Å². The van der Waals surface area contributed by atoms with Crippen LogP contribution in [0, 0.1) is 0 Å². The van der Waals surface area contributed by atoms with Crippen molar-refractivity contribution in [2.75, 3.05) is 13.6 Å². The molecule has 0 radical (unpaired) electrons. The molecule has 1 N–H and O–H groups in total. The SMILES string of the molecule is O=C1OC(c2ccc3c(c2)OCO3)=NC1=CNCc1ccc2c(c1)OCO2. The first kappa shape index (κ1) is 15.6. The van der Waals surface area contributed by atoms with E-state index in [-0.39, 0.29) is 25.2 Å². The molecule has 0 amide bonds. The van der Waals surface area contributed by atoms with Crippen LogP contribution in [0.5, 0.6) is 23.0 Å². The second kappa shape index (κ2) is 6.24. The first-order valence-corrected chi connectivity index (χ1v) is 8.29. The standard InChI is InChI=1S/C19H14N2O6/c22-19-13(8-20-7-11-1-3-14-16(5-11)25-9-23-14)21-18(27-19)12-2-4-15-17(6-12)26-10-24-15/h1-6,8,20H,7,9-10H2. The molecule has 0 aromatic heterocycles. The molecule has 0 fully saturated rings. The van der Waals surface area contributed by atoms with Crippen LogP contribution in [0.4, 0.5) is 0 Å². The second-order valence-corrected chi connectivity index (χ2v) is 5.97. The van der Waals surface area contributed by atoms with Gasteiger partial charge in [0.25, 0.3) is 0 Å². The van der Waals surface area contributed by atoms with Crippen LogP contribution in [-0.4, -0.2) is 25.5 Å². The molecule has 3 aliphatic heterocycles. The molecule has 0 aliphatic carbocycles. The van der Waals surface area contributed by atoms with Crippen molar-refractivity contribution < 1.29 is 28.5 Å². The topological polar surface area (TPSA) is 87.6 Å². The minimum atomic E-state index is -0.513. The number of benzene rings is 2. The van der Waals surface area contributed by atoms with Gasteiger partial charge >= 0.3 is 5.97 Å². The zero-order chi connectivity index (χ0) is 18.2. The monoisotopic (exact) mass is 366 g/mol. The van der Waals surface area contributed by atoms with Gasteiger partial charge in [0, 0.05) is 18.3 Å². The average Bonchev–Trinajstić information content (AvgIpc) is 3.40. The third kappa shape index (κ3) is 2.91. The molecule has 8 nitrogen and oxygen atoms in total. The van der Waals surface area contributed by atoms with Gasteiger partial charge in [-0.15, -0.1) is 0 Å². The van der Waals surface area contributed by atoms with Crippen LogP contribution in [0.1, 0.15) is 11.1 Å². The van der Waals surface area contributed by atoms with E-state index in [0.29, 0.717) is 29.4 Å². The lowest BCUT2D eigenvalue weighted by Gasteiger charge is -2.03. The highest BCUT2D eigenvalue weighted by Gasteiger charge is 2.26. The fourth-order valence-corrected chi connectivity index (χ4v) is 2.88. The Kier molecular flexibility index (Phi) is 3.60. The van der Waals surface area contributed by atoms with Crippen molar-refractivity contribution in [2.24, 2.45) is 4.99 Å². The van der Waals surface area contributed by atoms with E-state index in [1.807, 2.05) is 18.2 Å². The van der Waals surface area contributed by atoms with Crippen LogP contribution >= 0.6 is 0 Å². The van der Waals surface area contributed by atoms with E-state index in [2.05, 4.69) is 10.3 Å². The van der Waals surface area contributed by atoms with Gasteiger partial charge in [-0.05, 0) is 35.9 Å². The molecule has 0 atom stereocenters. The van der Waals surface area contributed by atoms with Gasteiger partial charge in [0.05, 0.1) is 0 Å². The molecule has 0 saturated heterocycles. The van der Waals surface area contributed by atoms with Crippen LogP contribution in [0.25, 0.3) is 0 Å². The summed E-state index contributed by atoms with van der Waals surface area (Å²) in [6.45, 7) is 0.918. The Bertz CT molecular complexity index is 998. The number of carbonyl (C=O) groups is 1. The van der Waals surface area contributed by atoms with Crippen LogP contribution in [0.15, 0.2) is 53.3 Å².